The van der Waals surface area contributed by atoms with Crippen LogP contribution < -0.4 is 10.2 Å². The van der Waals surface area contributed by atoms with Gasteiger partial charge in [0.2, 0.25) is 0 Å². The Hall–Kier alpha value is -2.11. The molecular weight excluding hydrogens is 698 g/mol. The number of carbonyl (C=O) groups is 4. The maximum atomic E-state index is 11.9. The summed E-state index contributed by atoms with van der Waals surface area (Å²) in [5.41, 5.74) is -0.138. The van der Waals surface area contributed by atoms with E-state index < -0.39 is 23.9 Å². The van der Waals surface area contributed by atoms with E-state index >= 15 is 0 Å². The third-order valence-electron chi connectivity index (χ3n) is 7.05. The van der Waals surface area contributed by atoms with E-state index in [1.807, 2.05) is 0 Å². The normalized spacial score (nSPS) is 10.4. The maximum Gasteiger partial charge on any atom is 2.00 e. The van der Waals surface area contributed by atoms with E-state index in [0.717, 1.165) is 50.4 Å². The summed E-state index contributed by atoms with van der Waals surface area (Å²) in [4.78, 5) is 45.6. The average molecular weight is 748 g/mol. The smallest absolute Gasteiger partial charge is 0.545 e. The minimum atomic E-state index is -1.36. The zero-order valence-corrected chi connectivity index (χ0v) is 32.1. The third kappa shape index (κ3) is 19.9. The van der Waals surface area contributed by atoms with Crippen molar-refractivity contribution in [2.75, 3.05) is 13.2 Å². The van der Waals surface area contributed by atoms with E-state index in [1.165, 1.54) is 62.8 Å². The number of ether oxygens (including phenoxy) is 2. The molecule has 0 saturated heterocycles. The van der Waals surface area contributed by atoms with Gasteiger partial charge in [0, 0.05) is 11.1 Å². The van der Waals surface area contributed by atoms with Crippen LogP contribution in [0.25, 0.3) is 0 Å². The number of hydrogen-bond donors (Lipinski definition) is 0. The molecule has 0 heterocycles. The van der Waals surface area contributed by atoms with Gasteiger partial charge in [0.05, 0.1) is 36.3 Å². The average Bonchev–Trinajstić information content (AvgIpc) is 2.99. The number of carbonyl (C=O) groups excluding carboxylic acids is 4. The van der Waals surface area contributed by atoms with Crippen LogP contribution in [0.4, 0.5) is 0 Å². The zero-order chi connectivity index (χ0) is 32.7. The molecule has 0 saturated carbocycles. The molecule has 0 aliphatic carbocycles. The fourth-order valence-electron chi connectivity index (χ4n) is 4.53. The van der Waals surface area contributed by atoms with Gasteiger partial charge >= 0.3 is 60.8 Å². The first-order valence-corrected chi connectivity index (χ1v) is 16.0. The summed E-state index contributed by atoms with van der Waals surface area (Å²) in [7, 11) is 0. The van der Waals surface area contributed by atoms with Crippen LogP contribution in [0.15, 0.2) is 48.5 Å². The van der Waals surface area contributed by atoms with Crippen molar-refractivity contribution < 1.29 is 38.9 Å². The Kier molecular flexibility index (Phi) is 24.8. The molecule has 0 radical (unpaired) electrons. The molecule has 8 nitrogen and oxygen atoms in total. The van der Waals surface area contributed by atoms with Gasteiger partial charge in [-0.05, 0) is 36.8 Å². The number of rotatable bonds is 20. The molecule has 0 aliphatic rings. The van der Waals surface area contributed by atoms with Gasteiger partial charge in [0.15, 0.2) is 0 Å². The first kappa shape index (κ1) is 42.9. The van der Waals surface area contributed by atoms with Crippen molar-refractivity contribution in [3.8, 4) is 0 Å². The molecule has 9 heteroatoms. The van der Waals surface area contributed by atoms with Gasteiger partial charge in [-0.15, -0.1) is 0 Å². The molecule has 2 aromatic carbocycles. The van der Waals surface area contributed by atoms with Gasteiger partial charge < -0.3 is 29.3 Å². The minimum Gasteiger partial charge on any atom is -0.545 e. The van der Waals surface area contributed by atoms with E-state index in [-0.39, 0.29) is 71.1 Å². The molecular formula is C36H50BaO8. The van der Waals surface area contributed by atoms with Gasteiger partial charge in [0.1, 0.15) is 0 Å². The van der Waals surface area contributed by atoms with E-state index in [9.17, 15) is 29.4 Å². The standard InChI is InChI=1S/2C18H26O4.Ba/c2*1-14(2)10-6-4-3-5-9-13-22-18(21)16-12-8-7-11-15(16)17(19)20;/h2*7-8,11-12,14H,3-6,9-10,13H2,1-2H3,(H,19,20);/q;;+2/p-2. The number of hydrogen-bond acceptors (Lipinski definition) is 8. The molecule has 0 unspecified atom stereocenters. The molecule has 0 N–H and O–H groups in total. The van der Waals surface area contributed by atoms with Gasteiger partial charge in [-0.2, -0.15) is 0 Å². The van der Waals surface area contributed by atoms with Crippen LogP contribution in [-0.4, -0.2) is 86.0 Å². The van der Waals surface area contributed by atoms with Crippen molar-refractivity contribution in [3.05, 3.63) is 70.8 Å². The second-order valence-corrected chi connectivity index (χ2v) is 11.8. The Bertz CT molecular complexity index is 1060. The Labute approximate surface area is 309 Å². The van der Waals surface area contributed by atoms with Crippen LogP contribution in [0.1, 0.15) is 146 Å². The predicted octanol–water partition coefficient (Wildman–Crippen LogP) is 6.03. The number of aromatic carboxylic acids is 2. The minimum absolute atomic E-state index is 0. The first-order valence-electron chi connectivity index (χ1n) is 16.0. The van der Waals surface area contributed by atoms with Gasteiger partial charge in [-0.25, -0.2) is 9.59 Å². The quantitative estimate of drug-likeness (QED) is 0.0912. The summed E-state index contributed by atoms with van der Waals surface area (Å²) in [6, 6.07) is 11.9. The summed E-state index contributed by atoms with van der Waals surface area (Å²) >= 11 is 0. The zero-order valence-electron chi connectivity index (χ0n) is 27.6. The molecule has 0 amide bonds. The second-order valence-electron chi connectivity index (χ2n) is 11.8. The van der Waals surface area contributed by atoms with Crippen LogP contribution in [-0.2, 0) is 9.47 Å². The van der Waals surface area contributed by atoms with Gasteiger partial charge in [0.25, 0.3) is 0 Å². The Morgan fingerprint density at radius 1 is 0.511 bits per heavy atom. The largest absolute Gasteiger partial charge is 2.00 e. The SMILES string of the molecule is CC(C)CCCCCCCOC(=O)c1ccccc1C(=O)[O-].CC(C)CCCCCCCOC(=O)c1ccccc1C(=O)[O-].[Ba+2]. The Balaban J connectivity index is 0.000000842. The Morgan fingerprint density at radius 2 is 0.800 bits per heavy atom. The van der Waals surface area contributed by atoms with Crippen molar-refractivity contribution in [3.63, 3.8) is 0 Å². The molecule has 244 valence electrons. The van der Waals surface area contributed by atoms with Gasteiger partial charge in [-0.1, -0.05) is 128 Å². The molecule has 0 aromatic heterocycles. The van der Waals surface area contributed by atoms with Crippen molar-refractivity contribution in [2.24, 2.45) is 11.8 Å². The predicted molar refractivity (Wildman–Crippen MR) is 173 cm³/mol. The molecule has 0 bridgehead atoms. The van der Waals surface area contributed by atoms with E-state index in [2.05, 4.69) is 27.7 Å². The number of carboxylic acid groups (broad SMARTS) is 2. The van der Waals surface area contributed by atoms with E-state index in [4.69, 9.17) is 9.47 Å². The number of unbranched alkanes of at least 4 members (excludes halogenated alkanes) is 8. The van der Waals surface area contributed by atoms with Crippen LogP contribution in [0.5, 0.6) is 0 Å². The van der Waals surface area contributed by atoms with Crippen LogP contribution in [0.2, 0.25) is 0 Å². The molecule has 0 atom stereocenters. The monoisotopic (exact) mass is 748 g/mol. The topological polar surface area (TPSA) is 133 Å². The van der Waals surface area contributed by atoms with Crippen LogP contribution in [0, 0.1) is 11.8 Å². The Morgan fingerprint density at radius 3 is 1.11 bits per heavy atom. The summed E-state index contributed by atoms with van der Waals surface area (Å²) in [5.74, 6) is -2.41. The second kappa shape index (κ2) is 26.0. The summed E-state index contributed by atoms with van der Waals surface area (Å²) in [5, 5.41) is 21.9. The van der Waals surface area contributed by atoms with Gasteiger partial charge in [-0.3, -0.25) is 0 Å². The summed E-state index contributed by atoms with van der Waals surface area (Å²) in [6.45, 7) is 9.55. The number of benzene rings is 2. The van der Waals surface area contributed by atoms with E-state index in [1.54, 1.807) is 24.3 Å². The fraction of sp³-hybridized carbons (Fsp3) is 0.556. The number of esters is 2. The van der Waals surface area contributed by atoms with Crippen molar-refractivity contribution >= 4 is 72.8 Å². The number of carboxylic acids is 2. The molecule has 0 spiro atoms. The molecule has 0 aliphatic heterocycles. The first-order chi connectivity index (χ1) is 21.0. The van der Waals surface area contributed by atoms with E-state index in [0.29, 0.717) is 13.2 Å². The fourth-order valence-corrected chi connectivity index (χ4v) is 4.53. The molecule has 2 aromatic rings. The summed E-state index contributed by atoms with van der Waals surface area (Å²) in [6.07, 6.45) is 13.4. The van der Waals surface area contributed by atoms with Crippen molar-refractivity contribution in [1.82, 2.24) is 0 Å². The van der Waals surface area contributed by atoms with Crippen LogP contribution >= 0.6 is 0 Å². The molecule has 0 fully saturated rings. The molecule has 45 heavy (non-hydrogen) atoms. The third-order valence-corrected chi connectivity index (χ3v) is 7.05. The maximum absolute atomic E-state index is 11.9. The van der Waals surface area contributed by atoms with Crippen LogP contribution in [0.3, 0.4) is 0 Å². The van der Waals surface area contributed by atoms with Crippen molar-refractivity contribution in [2.45, 2.75) is 105 Å². The van der Waals surface area contributed by atoms with Crippen molar-refractivity contribution in [1.29, 1.82) is 0 Å². The summed E-state index contributed by atoms with van der Waals surface area (Å²) < 4.78 is 10.3. The molecule has 2 rings (SSSR count).